The maximum atomic E-state index is 13.2. The van der Waals surface area contributed by atoms with Crippen LogP contribution in [0.2, 0.25) is 0 Å². The van der Waals surface area contributed by atoms with E-state index in [2.05, 4.69) is 0 Å². The lowest BCUT2D eigenvalue weighted by Crippen LogP contribution is -2.00. The van der Waals surface area contributed by atoms with Crippen LogP contribution >= 0.6 is 11.6 Å². The monoisotopic (exact) mass is 280 g/mol. The zero-order chi connectivity index (χ0) is 14.0. The van der Waals surface area contributed by atoms with E-state index < -0.39 is 11.6 Å². The van der Waals surface area contributed by atoms with Crippen LogP contribution in [0.4, 0.5) is 8.78 Å². The van der Waals surface area contributed by atoms with E-state index in [1.165, 1.54) is 6.07 Å². The summed E-state index contributed by atoms with van der Waals surface area (Å²) in [5, 5.41) is -0.246. The highest BCUT2D eigenvalue weighted by Gasteiger charge is 2.13. The number of aryl methyl sites for hydroxylation is 2. The molecule has 0 aliphatic heterocycles. The van der Waals surface area contributed by atoms with Gasteiger partial charge in [-0.15, -0.1) is 11.6 Å². The standard InChI is InChI=1S/C16H15ClF2/c1-10-3-4-11(2)13(7-10)14(17)8-12-5-6-15(18)16(19)9-12/h3-7,9,14H,8H2,1-2H3. The van der Waals surface area contributed by atoms with Crippen molar-refractivity contribution in [3.63, 3.8) is 0 Å². The lowest BCUT2D eigenvalue weighted by atomic mass is 9.98. The summed E-state index contributed by atoms with van der Waals surface area (Å²) in [6.45, 7) is 4.00. The predicted molar refractivity (Wildman–Crippen MR) is 74.6 cm³/mol. The molecule has 2 aromatic carbocycles. The smallest absolute Gasteiger partial charge is 0.159 e. The normalized spacial score (nSPS) is 12.5. The Labute approximate surface area is 117 Å². The number of hydrogen-bond donors (Lipinski definition) is 0. The second kappa shape index (κ2) is 5.70. The van der Waals surface area contributed by atoms with Gasteiger partial charge < -0.3 is 0 Å². The summed E-state index contributed by atoms with van der Waals surface area (Å²) in [6.07, 6.45) is 0.475. The van der Waals surface area contributed by atoms with Gasteiger partial charge in [0.15, 0.2) is 11.6 Å². The minimum absolute atomic E-state index is 0.246. The van der Waals surface area contributed by atoms with Crippen LogP contribution in [0.1, 0.15) is 27.6 Å². The zero-order valence-electron chi connectivity index (χ0n) is 10.9. The quantitative estimate of drug-likeness (QED) is 0.686. The minimum Gasteiger partial charge on any atom is -0.204 e. The van der Waals surface area contributed by atoms with E-state index in [0.29, 0.717) is 12.0 Å². The first-order valence-corrected chi connectivity index (χ1v) is 6.56. The van der Waals surface area contributed by atoms with Crippen LogP contribution < -0.4 is 0 Å². The summed E-state index contributed by atoms with van der Waals surface area (Å²) >= 11 is 6.39. The van der Waals surface area contributed by atoms with Gasteiger partial charge >= 0.3 is 0 Å². The third-order valence-corrected chi connectivity index (χ3v) is 3.56. The van der Waals surface area contributed by atoms with Gasteiger partial charge in [0.2, 0.25) is 0 Å². The van der Waals surface area contributed by atoms with E-state index in [1.807, 2.05) is 32.0 Å². The van der Waals surface area contributed by atoms with Gasteiger partial charge in [0.1, 0.15) is 0 Å². The van der Waals surface area contributed by atoms with Crippen molar-refractivity contribution in [3.8, 4) is 0 Å². The molecule has 3 heteroatoms. The molecule has 0 aliphatic carbocycles. The number of halogens is 3. The molecule has 0 fully saturated rings. The van der Waals surface area contributed by atoms with Crippen molar-refractivity contribution in [1.82, 2.24) is 0 Å². The Morgan fingerprint density at radius 2 is 1.74 bits per heavy atom. The summed E-state index contributed by atoms with van der Waals surface area (Å²) in [5.74, 6) is -1.66. The summed E-state index contributed by atoms with van der Waals surface area (Å²) < 4.78 is 26.0. The highest BCUT2D eigenvalue weighted by Crippen LogP contribution is 2.28. The van der Waals surface area contributed by atoms with Gasteiger partial charge in [-0.25, -0.2) is 8.78 Å². The van der Waals surface area contributed by atoms with Crippen LogP contribution in [0.3, 0.4) is 0 Å². The van der Waals surface area contributed by atoms with E-state index >= 15 is 0 Å². The van der Waals surface area contributed by atoms with Crippen LogP contribution in [0.15, 0.2) is 36.4 Å². The summed E-state index contributed by atoms with van der Waals surface area (Å²) in [7, 11) is 0. The van der Waals surface area contributed by atoms with Crippen molar-refractivity contribution >= 4 is 11.6 Å². The fraction of sp³-hybridized carbons (Fsp3) is 0.250. The molecule has 0 aromatic heterocycles. The van der Waals surface area contributed by atoms with Gasteiger partial charge in [-0.3, -0.25) is 0 Å². The first-order valence-electron chi connectivity index (χ1n) is 6.12. The van der Waals surface area contributed by atoms with E-state index in [4.69, 9.17) is 11.6 Å². The highest BCUT2D eigenvalue weighted by molar-refractivity contribution is 6.21. The number of alkyl halides is 1. The Hall–Kier alpha value is -1.41. The molecule has 0 saturated heterocycles. The molecule has 0 bridgehead atoms. The number of benzene rings is 2. The van der Waals surface area contributed by atoms with Crippen molar-refractivity contribution in [2.24, 2.45) is 0 Å². The molecule has 1 atom stereocenters. The van der Waals surface area contributed by atoms with Crippen molar-refractivity contribution in [3.05, 3.63) is 70.3 Å². The average Bonchev–Trinajstić information content (AvgIpc) is 2.36. The van der Waals surface area contributed by atoms with Crippen LogP contribution in [0, 0.1) is 25.5 Å². The average molecular weight is 281 g/mol. The summed E-state index contributed by atoms with van der Waals surface area (Å²) in [4.78, 5) is 0. The molecule has 0 heterocycles. The second-order valence-corrected chi connectivity index (χ2v) is 5.31. The van der Waals surface area contributed by atoms with Gasteiger partial charge in [0.05, 0.1) is 5.38 Å². The highest BCUT2D eigenvalue weighted by atomic mass is 35.5. The van der Waals surface area contributed by atoms with E-state index in [-0.39, 0.29) is 5.38 Å². The molecular formula is C16H15ClF2. The Kier molecular flexibility index (Phi) is 4.20. The molecule has 0 aliphatic rings. The molecule has 19 heavy (non-hydrogen) atoms. The van der Waals surface area contributed by atoms with Crippen molar-refractivity contribution < 1.29 is 8.78 Å². The molecule has 0 radical (unpaired) electrons. The molecule has 0 spiro atoms. The predicted octanol–water partition coefficient (Wildman–Crippen LogP) is 5.10. The topological polar surface area (TPSA) is 0 Å². The lowest BCUT2D eigenvalue weighted by Gasteiger charge is -2.14. The summed E-state index contributed by atoms with van der Waals surface area (Å²) in [6, 6.07) is 9.99. The van der Waals surface area contributed by atoms with Crippen LogP contribution in [-0.2, 0) is 6.42 Å². The fourth-order valence-corrected chi connectivity index (χ4v) is 2.49. The molecule has 0 saturated carbocycles. The first-order chi connectivity index (χ1) is 8.97. The Morgan fingerprint density at radius 3 is 2.42 bits per heavy atom. The van der Waals surface area contributed by atoms with E-state index in [1.54, 1.807) is 6.07 Å². The summed E-state index contributed by atoms with van der Waals surface area (Å²) in [5.41, 5.74) is 3.97. The Bertz CT molecular complexity index is 593. The molecule has 0 amide bonds. The van der Waals surface area contributed by atoms with Crippen molar-refractivity contribution in [2.75, 3.05) is 0 Å². The SMILES string of the molecule is Cc1ccc(C)c(C(Cl)Cc2ccc(F)c(F)c2)c1. The van der Waals surface area contributed by atoms with Gasteiger partial charge in [0.25, 0.3) is 0 Å². The number of hydrogen-bond acceptors (Lipinski definition) is 0. The molecule has 2 rings (SSSR count). The van der Waals surface area contributed by atoms with Crippen LogP contribution in [0.25, 0.3) is 0 Å². The maximum absolute atomic E-state index is 13.2. The third-order valence-electron chi connectivity index (χ3n) is 3.17. The maximum Gasteiger partial charge on any atom is 0.159 e. The van der Waals surface area contributed by atoms with E-state index in [9.17, 15) is 8.78 Å². The molecule has 1 unspecified atom stereocenters. The lowest BCUT2D eigenvalue weighted by molar-refractivity contribution is 0.507. The van der Waals surface area contributed by atoms with Crippen molar-refractivity contribution in [1.29, 1.82) is 0 Å². The molecule has 2 aromatic rings. The van der Waals surface area contributed by atoms with Crippen LogP contribution in [0.5, 0.6) is 0 Å². The molecular weight excluding hydrogens is 266 g/mol. The van der Waals surface area contributed by atoms with Gasteiger partial charge in [-0.2, -0.15) is 0 Å². The van der Waals surface area contributed by atoms with Gasteiger partial charge in [-0.05, 0) is 49.1 Å². The molecule has 0 N–H and O–H groups in total. The Morgan fingerprint density at radius 1 is 1.00 bits per heavy atom. The minimum atomic E-state index is -0.832. The largest absolute Gasteiger partial charge is 0.204 e. The van der Waals surface area contributed by atoms with Gasteiger partial charge in [-0.1, -0.05) is 29.8 Å². The van der Waals surface area contributed by atoms with E-state index in [0.717, 1.165) is 22.8 Å². The number of rotatable bonds is 3. The third kappa shape index (κ3) is 3.32. The fourth-order valence-electron chi connectivity index (χ4n) is 2.08. The molecule has 0 nitrogen and oxygen atoms in total. The molecule has 100 valence electrons. The second-order valence-electron chi connectivity index (χ2n) is 4.78. The van der Waals surface area contributed by atoms with Crippen LogP contribution in [-0.4, -0.2) is 0 Å². The zero-order valence-corrected chi connectivity index (χ0v) is 11.6. The van der Waals surface area contributed by atoms with Crippen molar-refractivity contribution in [2.45, 2.75) is 25.6 Å². The Balaban J connectivity index is 2.22. The van der Waals surface area contributed by atoms with Gasteiger partial charge in [0, 0.05) is 0 Å². The first kappa shape index (κ1) is 14.0.